The van der Waals surface area contributed by atoms with Crippen LogP contribution in [0.15, 0.2) is 24.5 Å². The fourth-order valence-corrected chi connectivity index (χ4v) is 1.30. The van der Waals surface area contributed by atoms with Gasteiger partial charge < -0.3 is 5.73 Å². The Hall–Kier alpha value is -1.26. The molecule has 14 heavy (non-hydrogen) atoms. The van der Waals surface area contributed by atoms with Crippen LogP contribution in [-0.2, 0) is 0 Å². The van der Waals surface area contributed by atoms with Crippen molar-refractivity contribution >= 4 is 17.3 Å². The fraction of sp³-hybridized carbons (Fsp3) is 0.111. The number of hydrazine groups is 1. The zero-order chi connectivity index (χ0) is 10.7. The smallest absolute Gasteiger partial charge is 0.146 e. The van der Waals surface area contributed by atoms with Gasteiger partial charge >= 0.3 is 0 Å². The normalized spacial score (nSPS) is 10.9. The van der Waals surface area contributed by atoms with Crippen LogP contribution in [0.3, 0.4) is 0 Å². The molecule has 4 N–H and O–H groups in total. The molecule has 0 bridgehead atoms. The molecular formula is C9H11ClFN3. The van der Waals surface area contributed by atoms with E-state index in [1.807, 2.05) is 0 Å². The van der Waals surface area contributed by atoms with Gasteiger partial charge in [0.2, 0.25) is 0 Å². The number of hydrogen-bond donors (Lipinski definition) is 2. The topological polar surface area (TPSA) is 55.3 Å². The fourth-order valence-electron chi connectivity index (χ4n) is 1.09. The highest BCUT2D eigenvalue weighted by molar-refractivity contribution is 6.30. The van der Waals surface area contributed by atoms with Gasteiger partial charge in [0, 0.05) is 18.0 Å². The molecule has 0 aliphatic heterocycles. The van der Waals surface area contributed by atoms with Gasteiger partial charge in [0.1, 0.15) is 5.82 Å². The van der Waals surface area contributed by atoms with Crippen LogP contribution in [0.2, 0.25) is 5.02 Å². The van der Waals surface area contributed by atoms with Crippen molar-refractivity contribution in [2.75, 3.05) is 5.01 Å². The van der Waals surface area contributed by atoms with Crippen LogP contribution in [0.5, 0.6) is 0 Å². The molecule has 0 heterocycles. The highest BCUT2D eigenvalue weighted by Crippen LogP contribution is 2.26. The molecule has 0 amide bonds. The van der Waals surface area contributed by atoms with Crippen LogP contribution in [0, 0.1) is 12.7 Å². The standard InChI is InChI=1S/C9H11ClFN3/c1-6-8(14(13)5-4-12)3-2-7(10)9(6)11/h2-5H,12-13H2,1H3/b5-4-. The van der Waals surface area contributed by atoms with Crippen LogP contribution < -0.4 is 16.6 Å². The lowest BCUT2D eigenvalue weighted by Gasteiger charge is -2.16. The molecule has 76 valence electrons. The second-order valence-electron chi connectivity index (χ2n) is 2.75. The first kappa shape index (κ1) is 10.8. The lowest BCUT2D eigenvalue weighted by molar-refractivity contribution is 0.618. The van der Waals surface area contributed by atoms with E-state index in [0.29, 0.717) is 11.3 Å². The Balaban J connectivity index is 3.17. The van der Waals surface area contributed by atoms with Crippen LogP contribution >= 0.6 is 11.6 Å². The van der Waals surface area contributed by atoms with Gasteiger partial charge in [0.05, 0.1) is 10.7 Å². The first-order valence-electron chi connectivity index (χ1n) is 3.95. The molecule has 0 saturated carbocycles. The number of nitrogens with zero attached hydrogens (tertiary/aromatic N) is 1. The van der Waals surface area contributed by atoms with Gasteiger partial charge in [-0.15, -0.1) is 0 Å². The molecule has 1 aromatic rings. The van der Waals surface area contributed by atoms with Crippen molar-refractivity contribution in [3.8, 4) is 0 Å². The van der Waals surface area contributed by atoms with Gasteiger partial charge in [-0.1, -0.05) is 11.6 Å². The van der Waals surface area contributed by atoms with Gasteiger partial charge in [0.25, 0.3) is 0 Å². The van der Waals surface area contributed by atoms with Gasteiger partial charge in [-0.05, 0) is 19.1 Å². The molecule has 1 rings (SSSR count). The Kier molecular flexibility index (Phi) is 3.33. The van der Waals surface area contributed by atoms with Crippen molar-refractivity contribution < 1.29 is 4.39 Å². The lowest BCUT2D eigenvalue weighted by atomic mass is 10.2. The third-order valence-electron chi connectivity index (χ3n) is 1.84. The van der Waals surface area contributed by atoms with E-state index >= 15 is 0 Å². The lowest BCUT2D eigenvalue weighted by Crippen LogP contribution is -2.25. The van der Waals surface area contributed by atoms with Gasteiger partial charge in [-0.3, -0.25) is 5.01 Å². The van der Waals surface area contributed by atoms with Gasteiger partial charge in [-0.2, -0.15) is 0 Å². The van der Waals surface area contributed by atoms with Crippen LogP contribution in [0.25, 0.3) is 0 Å². The zero-order valence-corrected chi connectivity index (χ0v) is 8.42. The largest absolute Gasteiger partial charge is 0.403 e. The molecule has 0 fully saturated rings. The van der Waals surface area contributed by atoms with E-state index < -0.39 is 5.82 Å². The number of hydrogen-bond acceptors (Lipinski definition) is 3. The Labute approximate surface area is 86.7 Å². The zero-order valence-electron chi connectivity index (χ0n) is 7.67. The molecule has 0 spiro atoms. The van der Waals surface area contributed by atoms with E-state index in [-0.39, 0.29) is 5.02 Å². The summed E-state index contributed by atoms with van der Waals surface area (Å²) in [6.07, 6.45) is 2.70. The quantitative estimate of drug-likeness (QED) is 0.585. The van der Waals surface area contributed by atoms with Gasteiger partial charge in [-0.25, -0.2) is 10.2 Å². The molecule has 0 atom stereocenters. The van der Waals surface area contributed by atoms with E-state index in [0.717, 1.165) is 0 Å². The summed E-state index contributed by atoms with van der Waals surface area (Å²) >= 11 is 5.59. The van der Waals surface area contributed by atoms with Crippen molar-refractivity contribution in [3.63, 3.8) is 0 Å². The summed E-state index contributed by atoms with van der Waals surface area (Å²) < 4.78 is 13.3. The summed E-state index contributed by atoms with van der Waals surface area (Å²) in [4.78, 5) is 0. The Morgan fingerprint density at radius 3 is 2.71 bits per heavy atom. The number of anilines is 1. The average Bonchev–Trinajstić information content (AvgIpc) is 2.15. The van der Waals surface area contributed by atoms with Crippen molar-refractivity contribution in [2.45, 2.75) is 6.92 Å². The third kappa shape index (κ3) is 1.97. The third-order valence-corrected chi connectivity index (χ3v) is 2.13. The molecule has 0 saturated heterocycles. The number of halogens is 2. The van der Waals surface area contributed by atoms with E-state index in [4.69, 9.17) is 23.2 Å². The van der Waals surface area contributed by atoms with Crippen molar-refractivity contribution in [1.82, 2.24) is 0 Å². The second-order valence-corrected chi connectivity index (χ2v) is 3.16. The average molecular weight is 216 g/mol. The molecule has 0 aliphatic carbocycles. The van der Waals surface area contributed by atoms with Crippen LogP contribution in [0.1, 0.15) is 5.56 Å². The molecular weight excluding hydrogens is 205 g/mol. The minimum Gasteiger partial charge on any atom is -0.403 e. The molecule has 5 heteroatoms. The highest BCUT2D eigenvalue weighted by Gasteiger charge is 2.10. The minimum atomic E-state index is -0.468. The van der Waals surface area contributed by atoms with E-state index in [1.54, 1.807) is 13.0 Å². The summed E-state index contributed by atoms with van der Waals surface area (Å²) in [5.74, 6) is 5.11. The highest BCUT2D eigenvalue weighted by atomic mass is 35.5. The summed E-state index contributed by atoms with van der Waals surface area (Å²) in [7, 11) is 0. The Bertz CT molecular complexity index is 365. The van der Waals surface area contributed by atoms with Crippen LogP contribution in [-0.4, -0.2) is 0 Å². The van der Waals surface area contributed by atoms with Crippen molar-refractivity contribution in [1.29, 1.82) is 0 Å². The predicted octanol–water partition coefficient (Wildman–Crippen LogP) is 1.90. The monoisotopic (exact) mass is 215 g/mol. The second kappa shape index (κ2) is 4.30. The van der Waals surface area contributed by atoms with Crippen LogP contribution in [0.4, 0.5) is 10.1 Å². The number of nitrogens with two attached hydrogens (primary N) is 2. The molecule has 0 radical (unpaired) electrons. The molecule has 0 unspecified atom stereocenters. The van der Waals surface area contributed by atoms with E-state index in [9.17, 15) is 4.39 Å². The minimum absolute atomic E-state index is 0.0800. The molecule has 1 aromatic carbocycles. The SMILES string of the molecule is Cc1c(N(N)/C=C\N)ccc(Cl)c1F. The van der Waals surface area contributed by atoms with Crippen molar-refractivity contribution in [2.24, 2.45) is 11.6 Å². The first-order valence-corrected chi connectivity index (χ1v) is 4.32. The number of benzene rings is 1. The summed E-state index contributed by atoms with van der Waals surface area (Å²) in [5, 5.41) is 1.31. The van der Waals surface area contributed by atoms with E-state index in [2.05, 4.69) is 0 Å². The Morgan fingerprint density at radius 2 is 2.14 bits per heavy atom. The molecule has 0 aliphatic rings. The van der Waals surface area contributed by atoms with E-state index in [1.165, 1.54) is 23.5 Å². The number of rotatable bonds is 2. The summed E-state index contributed by atoms with van der Waals surface area (Å²) in [6.45, 7) is 1.60. The Morgan fingerprint density at radius 1 is 1.50 bits per heavy atom. The summed E-state index contributed by atoms with van der Waals surface area (Å²) in [5.41, 5.74) is 6.07. The maximum Gasteiger partial charge on any atom is 0.146 e. The maximum atomic E-state index is 13.3. The molecule has 0 aromatic heterocycles. The van der Waals surface area contributed by atoms with Gasteiger partial charge in [0.15, 0.2) is 0 Å². The maximum absolute atomic E-state index is 13.3. The molecule has 3 nitrogen and oxygen atoms in total. The van der Waals surface area contributed by atoms with Crippen molar-refractivity contribution in [3.05, 3.63) is 40.9 Å². The predicted molar refractivity (Wildman–Crippen MR) is 56.1 cm³/mol. The first-order chi connectivity index (χ1) is 6.57. The summed E-state index contributed by atoms with van der Waals surface area (Å²) in [6, 6.07) is 3.07.